The molecule has 10 heteroatoms. The number of nitrogens with zero attached hydrogens (tertiary/aromatic N) is 3. The Labute approximate surface area is 141 Å². The molecule has 0 fully saturated rings. The summed E-state index contributed by atoms with van der Waals surface area (Å²) in [6.45, 7) is 0.720. The highest BCUT2D eigenvalue weighted by Gasteiger charge is 2.29. The van der Waals surface area contributed by atoms with E-state index in [1.807, 2.05) is 0 Å². The summed E-state index contributed by atoms with van der Waals surface area (Å²) in [5.74, 6) is -0.109. The maximum Gasteiger partial charge on any atom is 0.314 e. The highest BCUT2D eigenvalue weighted by Crippen LogP contribution is 2.32. The van der Waals surface area contributed by atoms with Crippen LogP contribution in [0.4, 0.5) is 5.69 Å². The summed E-state index contributed by atoms with van der Waals surface area (Å²) in [6, 6.07) is 1.25. The summed E-state index contributed by atoms with van der Waals surface area (Å²) in [7, 11) is 3.55. The minimum Gasteiger partial charge on any atom is -0.337 e. The number of carbonyl (C=O) groups excluding carboxylic acids is 1. The van der Waals surface area contributed by atoms with E-state index < -0.39 is 16.0 Å². The van der Waals surface area contributed by atoms with Crippen molar-refractivity contribution in [2.24, 2.45) is 0 Å². The number of fused-ring (bicyclic) bond motifs is 3. The normalized spacial score (nSPS) is 14.0. The molecule has 0 unspecified atom stereocenters. The number of benzene rings is 1. The molecule has 0 saturated carbocycles. The van der Waals surface area contributed by atoms with Crippen LogP contribution in [0.25, 0.3) is 11.0 Å². The van der Waals surface area contributed by atoms with Gasteiger partial charge in [-0.1, -0.05) is 0 Å². The molecule has 10 nitrogen and oxygen atoms in total. The third-order valence-corrected chi connectivity index (χ3v) is 4.20. The van der Waals surface area contributed by atoms with Crippen LogP contribution >= 0.6 is 0 Å². The number of aromatic nitrogens is 2. The van der Waals surface area contributed by atoms with Crippen LogP contribution in [-0.4, -0.2) is 57.8 Å². The SMILES string of the molecule is CN(C)CC(=O)N1CCc2c([N+](=O)[O-])cc3[nH]c(=O)c(=O)[nH]c3c2C1. The topological polar surface area (TPSA) is 132 Å². The van der Waals surface area contributed by atoms with Gasteiger partial charge in [0.25, 0.3) is 5.69 Å². The van der Waals surface area contributed by atoms with Crippen molar-refractivity contribution in [3.05, 3.63) is 48.0 Å². The molecule has 0 bridgehead atoms. The van der Waals surface area contributed by atoms with E-state index in [2.05, 4.69) is 9.97 Å². The molecule has 2 N–H and O–H groups in total. The van der Waals surface area contributed by atoms with Crippen molar-refractivity contribution < 1.29 is 9.72 Å². The number of nitrogens with one attached hydrogen (secondary N) is 2. The van der Waals surface area contributed by atoms with Gasteiger partial charge in [0.1, 0.15) is 0 Å². The number of rotatable bonds is 3. The fraction of sp³-hybridized carbons (Fsp3) is 0.400. The van der Waals surface area contributed by atoms with E-state index in [1.54, 1.807) is 23.9 Å². The molecule has 132 valence electrons. The van der Waals surface area contributed by atoms with Crippen molar-refractivity contribution >= 4 is 22.6 Å². The largest absolute Gasteiger partial charge is 0.337 e. The first kappa shape index (κ1) is 16.8. The van der Waals surface area contributed by atoms with Crippen LogP contribution in [0.1, 0.15) is 11.1 Å². The van der Waals surface area contributed by atoms with E-state index in [0.29, 0.717) is 29.6 Å². The minimum atomic E-state index is -0.877. The molecule has 2 heterocycles. The van der Waals surface area contributed by atoms with Crippen molar-refractivity contribution in [2.45, 2.75) is 13.0 Å². The smallest absolute Gasteiger partial charge is 0.314 e. The van der Waals surface area contributed by atoms with Crippen molar-refractivity contribution in [2.75, 3.05) is 27.2 Å². The van der Waals surface area contributed by atoms with Crippen molar-refractivity contribution in [1.82, 2.24) is 19.8 Å². The Bertz CT molecular complexity index is 990. The number of nitro benzene ring substituents is 1. The molecular weight excluding hydrogens is 330 g/mol. The number of likely N-dealkylation sites (N-methyl/N-ethyl adjacent to an activating group) is 1. The lowest BCUT2D eigenvalue weighted by molar-refractivity contribution is -0.385. The Balaban J connectivity index is 2.17. The monoisotopic (exact) mass is 347 g/mol. The average Bonchev–Trinajstić information content (AvgIpc) is 2.54. The maximum atomic E-state index is 12.3. The standard InChI is InChI=1S/C15H17N5O5/c1-18(2)7-12(21)19-4-3-8-9(6-19)13-10(5-11(8)20(24)25)16-14(22)15(23)17-13/h5H,3-4,6-7H2,1-2H3,(H,16,22)(H,17,23). The maximum absolute atomic E-state index is 12.3. The second-order valence-electron chi connectivity index (χ2n) is 6.24. The zero-order valence-electron chi connectivity index (χ0n) is 13.8. The summed E-state index contributed by atoms with van der Waals surface area (Å²) in [5.41, 5.74) is -0.349. The molecule has 1 aliphatic heterocycles. The molecule has 0 saturated heterocycles. The van der Waals surface area contributed by atoms with Crippen LogP contribution in [-0.2, 0) is 17.8 Å². The summed E-state index contributed by atoms with van der Waals surface area (Å²) in [6.07, 6.45) is 0.307. The number of nitro groups is 1. The fourth-order valence-corrected chi connectivity index (χ4v) is 3.07. The van der Waals surface area contributed by atoms with Gasteiger partial charge in [-0.2, -0.15) is 0 Å². The van der Waals surface area contributed by atoms with Crippen LogP contribution in [0.3, 0.4) is 0 Å². The average molecular weight is 347 g/mol. The number of carbonyl (C=O) groups is 1. The molecule has 1 aromatic heterocycles. The summed E-state index contributed by atoms with van der Waals surface area (Å²) in [4.78, 5) is 54.6. The van der Waals surface area contributed by atoms with Gasteiger partial charge in [-0.3, -0.25) is 24.5 Å². The Kier molecular flexibility index (Phi) is 4.13. The van der Waals surface area contributed by atoms with E-state index >= 15 is 0 Å². The van der Waals surface area contributed by atoms with Gasteiger partial charge in [0.15, 0.2) is 0 Å². The van der Waals surface area contributed by atoms with Crippen LogP contribution in [0, 0.1) is 10.1 Å². The first-order valence-corrected chi connectivity index (χ1v) is 7.66. The highest BCUT2D eigenvalue weighted by atomic mass is 16.6. The molecule has 25 heavy (non-hydrogen) atoms. The first-order valence-electron chi connectivity index (χ1n) is 7.66. The summed E-state index contributed by atoms with van der Waals surface area (Å²) in [5, 5.41) is 11.4. The van der Waals surface area contributed by atoms with Gasteiger partial charge >= 0.3 is 11.1 Å². The van der Waals surface area contributed by atoms with Crippen LogP contribution in [0.15, 0.2) is 15.7 Å². The number of hydrogen-bond acceptors (Lipinski definition) is 6. The van der Waals surface area contributed by atoms with E-state index in [0.717, 1.165) is 0 Å². The molecule has 3 rings (SSSR count). The second-order valence-corrected chi connectivity index (χ2v) is 6.24. The molecule has 2 aromatic rings. The van der Waals surface area contributed by atoms with E-state index in [9.17, 15) is 24.5 Å². The minimum absolute atomic E-state index is 0.109. The molecule has 1 aliphatic rings. The third-order valence-electron chi connectivity index (χ3n) is 4.20. The zero-order valence-corrected chi connectivity index (χ0v) is 13.8. The third kappa shape index (κ3) is 3.03. The Hall–Kier alpha value is -3.01. The van der Waals surface area contributed by atoms with Crippen molar-refractivity contribution in [3.8, 4) is 0 Å². The lowest BCUT2D eigenvalue weighted by atomic mass is 9.96. The molecule has 1 aromatic carbocycles. The summed E-state index contributed by atoms with van der Waals surface area (Å²) >= 11 is 0. The Morgan fingerprint density at radius 1 is 1.28 bits per heavy atom. The van der Waals surface area contributed by atoms with Gasteiger partial charge in [0, 0.05) is 30.3 Å². The van der Waals surface area contributed by atoms with Gasteiger partial charge in [-0.05, 0) is 20.5 Å². The lowest BCUT2D eigenvalue weighted by Gasteiger charge is -2.30. The fourth-order valence-electron chi connectivity index (χ4n) is 3.07. The molecule has 0 spiro atoms. The number of H-pyrrole nitrogens is 2. The quantitative estimate of drug-likeness (QED) is 0.440. The van der Waals surface area contributed by atoms with Gasteiger partial charge in [-0.25, -0.2) is 0 Å². The molecule has 0 atom stereocenters. The van der Waals surface area contributed by atoms with Crippen LogP contribution in [0.5, 0.6) is 0 Å². The van der Waals surface area contributed by atoms with Crippen molar-refractivity contribution in [3.63, 3.8) is 0 Å². The van der Waals surface area contributed by atoms with Gasteiger partial charge < -0.3 is 19.8 Å². The number of hydrogen-bond donors (Lipinski definition) is 2. The Morgan fingerprint density at radius 2 is 1.96 bits per heavy atom. The lowest BCUT2D eigenvalue weighted by Crippen LogP contribution is -2.41. The predicted octanol–water partition coefficient (Wildman–Crippen LogP) is -0.429. The zero-order chi connectivity index (χ0) is 18.3. The van der Waals surface area contributed by atoms with Crippen molar-refractivity contribution in [1.29, 1.82) is 0 Å². The van der Waals surface area contributed by atoms with E-state index in [4.69, 9.17) is 0 Å². The first-order chi connectivity index (χ1) is 11.8. The Morgan fingerprint density at radius 3 is 2.60 bits per heavy atom. The van der Waals surface area contributed by atoms with Crippen LogP contribution in [0.2, 0.25) is 0 Å². The molecular formula is C15H17N5O5. The highest BCUT2D eigenvalue weighted by molar-refractivity contribution is 5.85. The molecule has 0 aliphatic carbocycles. The van der Waals surface area contributed by atoms with Gasteiger partial charge in [0.2, 0.25) is 5.91 Å². The summed E-state index contributed by atoms with van der Waals surface area (Å²) < 4.78 is 0. The second kappa shape index (κ2) is 6.13. The number of aromatic amines is 2. The van der Waals surface area contributed by atoms with Gasteiger partial charge in [0.05, 0.1) is 22.5 Å². The van der Waals surface area contributed by atoms with Gasteiger partial charge in [-0.15, -0.1) is 0 Å². The number of amides is 1. The predicted molar refractivity (Wildman–Crippen MR) is 89.5 cm³/mol. The van der Waals surface area contributed by atoms with E-state index in [-0.39, 0.29) is 30.2 Å². The molecule has 0 radical (unpaired) electrons. The molecule has 1 amide bonds. The van der Waals surface area contributed by atoms with Crippen LogP contribution < -0.4 is 11.1 Å². The van der Waals surface area contributed by atoms with E-state index in [1.165, 1.54) is 6.07 Å².